The van der Waals surface area contributed by atoms with Gasteiger partial charge in [-0.15, -0.1) is 0 Å². The third kappa shape index (κ3) is 5.91. The SMILES string of the molecule is CC(C)(C)[Si](OCC1(COc2nc(N3CCCC(F)(F)C3)c3cnc(Cl)c(F)c3n2)CC1)(c1ccccc1)c1ccccc1. The average molecular weight is 641 g/mol. The molecule has 0 radical (unpaired) electrons. The molecule has 0 N–H and O–H groups in total. The number of ether oxygens (including phenoxy) is 1. The van der Waals surface area contributed by atoms with Gasteiger partial charge >= 0.3 is 6.01 Å². The highest BCUT2D eigenvalue weighted by molar-refractivity contribution is 6.99. The van der Waals surface area contributed by atoms with E-state index in [4.69, 9.17) is 20.8 Å². The summed E-state index contributed by atoms with van der Waals surface area (Å²) in [6.45, 7) is 7.23. The lowest BCUT2D eigenvalue weighted by atomic mass is 10.1. The fourth-order valence-corrected chi connectivity index (χ4v) is 11.0. The Kier molecular flexibility index (Phi) is 8.13. The lowest BCUT2D eigenvalue weighted by molar-refractivity contribution is -0.0118. The number of benzene rings is 2. The summed E-state index contributed by atoms with van der Waals surface area (Å²) in [6.07, 6.45) is 3.16. The van der Waals surface area contributed by atoms with Crippen molar-refractivity contribution in [3.05, 3.63) is 77.8 Å². The zero-order valence-corrected chi connectivity index (χ0v) is 26.9. The molecule has 1 saturated heterocycles. The monoisotopic (exact) mass is 640 g/mol. The summed E-state index contributed by atoms with van der Waals surface area (Å²) in [6, 6.07) is 20.8. The van der Waals surface area contributed by atoms with Crippen LogP contribution in [0.5, 0.6) is 6.01 Å². The summed E-state index contributed by atoms with van der Waals surface area (Å²) in [5, 5.41) is 2.07. The third-order valence-corrected chi connectivity index (χ3v) is 14.0. The number of hydrogen-bond acceptors (Lipinski definition) is 6. The number of rotatable bonds is 9. The Hall–Kier alpha value is -3.21. The fourth-order valence-electron chi connectivity index (χ4n) is 6.20. The molecule has 2 fully saturated rings. The minimum Gasteiger partial charge on any atom is -0.463 e. The number of anilines is 1. The van der Waals surface area contributed by atoms with Gasteiger partial charge in [-0.25, -0.2) is 18.2 Å². The van der Waals surface area contributed by atoms with Gasteiger partial charge in [0, 0.05) is 31.2 Å². The molecule has 0 atom stereocenters. The Labute approximate surface area is 261 Å². The van der Waals surface area contributed by atoms with E-state index in [9.17, 15) is 8.78 Å². The number of alkyl halides is 2. The van der Waals surface area contributed by atoms with Gasteiger partial charge in [-0.2, -0.15) is 9.97 Å². The van der Waals surface area contributed by atoms with E-state index in [1.54, 1.807) is 0 Å². The highest BCUT2D eigenvalue weighted by atomic mass is 35.5. The molecule has 0 bridgehead atoms. The van der Waals surface area contributed by atoms with Gasteiger partial charge in [0.25, 0.3) is 14.2 Å². The van der Waals surface area contributed by atoms with Crippen LogP contribution in [-0.4, -0.2) is 55.5 Å². The van der Waals surface area contributed by atoms with Crippen LogP contribution >= 0.6 is 11.6 Å². The van der Waals surface area contributed by atoms with Gasteiger partial charge in [0.2, 0.25) is 0 Å². The normalized spacial score (nSPS) is 17.9. The summed E-state index contributed by atoms with van der Waals surface area (Å²) < 4.78 is 57.2. The Bertz CT molecular complexity index is 1600. The Morgan fingerprint density at radius 1 is 0.932 bits per heavy atom. The van der Waals surface area contributed by atoms with Crippen LogP contribution in [0.4, 0.5) is 19.0 Å². The topological polar surface area (TPSA) is 60.4 Å². The van der Waals surface area contributed by atoms with E-state index in [0.29, 0.717) is 13.2 Å². The first kappa shape index (κ1) is 30.8. The van der Waals surface area contributed by atoms with Crippen molar-refractivity contribution in [3.63, 3.8) is 0 Å². The van der Waals surface area contributed by atoms with Gasteiger partial charge in [-0.05, 0) is 34.7 Å². The van der Waals surface area contributed by atoms with Crippen molar-refractivity contribution in [2.45, 2.75) is 57.4 Å². The number of fused-ring (bicyclic) bond motifs is 1. The lowest BCUT2D eigenvalue weighted by Crippen LogP contribution is -2.67. The summed E-state index contributed by atoms with van der Waals surface area (Å²) in [4.78, 5) is 14.2. The smallest absolute Gasteiger partial charge is 0.319 e. The van der Waals surface area contributed by atoms with Crippen molar-refractivity contribution in [3.8, 4) is 6.01 Å². The van der Waals surface area contributed by atoms with E-state index in [0.717, 1.165) is 12.8 Å². The maximum atomic E-state index is 15.1. The molecule has 232 valence electrons. The molecule has 6 rings (SSSR count). The van der Waals surface area contributed by atoms with Gasteiger partial charge in [0.1, 0.15) is 11.3 Å². The molecular formula is C33H36ClF3N4O2Si. The highest BCUT2D eigenvalue weighted by Crippen LogP contribution is 2.48. The van der Waals surface area contributed by atoms with Crippen LogP contribution in [0.3, 0.4) is 0 Å². The fraction of sp³-hybridized carbons (Fsp3) is 0.424. The molecule has 0 amide bonds. The molecule has 6 nitrogen and oxygen atoms in total. The predicted molar refractivity (Wildman–Crippen MR) is 169 cm³/mol. The molecule has 2 aromatic carbocycles. The van der Waals surface area contributed by atoms with E-state index in [-0.39, 0.29) is 57.8 Å². The second-order valence-corrected chi connectivity index (χ2v) is 17.7. The zero-order chi connectivity index (χ0) is 31.2. The van der Waals surface area contributed by atoms with Gasteiger partial charge in [-0.1, -0.05) is 93.0 Å². The van der Waals surface area contributed by atoms with Crippen molar-refractivity contribution in [2.75, 3.05) is 31.2 Å². The van der Waals surface area contributed by atoms with Crippen LogP contribution in [-0.2, 0) is 4.43 Å². The predicted octanol–water partition coefficient (Wildman–Crippen LogP) is 6.79. The van der Waals surface area contributed by atoms with Gasteiger partial charge < -0.3 is 14.1 Å². The second kappa shape index (κ2) is 11.6. The van der Waals surface area contributed by atoms with E-state index < -0.39 is 26.6 Å². The van der Waals surface area contributed by atoms with E-state index in [2.05, 4.69) is 84.3 Å². The zero-order valence-electron chi connectivity index (χ0n) is 25.1. The van der Waals surface area contributed by atoms with Gasteiger partial charge in [0.05, 0.1) is 18.5 Å². The number of piperidine rings is 1. The number of aromatic nitrogens is 3. The van der Waals surface area contributed by atoms with Crippen LogP contribution in [0.1, 0.15) is 46.5 Å². The molecule has 11 heteroatoms. The van der Waals surface area contributed by atoms with Crippen molar-refractivity contribution < 1.29 is 22.3 Å². The van der Waals surface area contributed by atoms with Crippen molar-refractivity contribution >= 4 is 47.0 Å². The van der Waals surface area contributed by atoms with Crippen LogP contribution < -0.4 is 20.0 Å². The number of hydrogen-bond donors (Lipinski definition) is 0. The van der Waals surface area contributed by atoms with E-state index in [1.165, 1.54) is 21.5 Å². The maximum Gasteiger partial charge on any atom is 0.319 e. The Morgan fingerprint density at radius 3 is 2.14 bits per heavy atom. The summed E-state index contributed by atoms with van der Waals surface area (Å²) in [7, 11) is -2.76. The van der Waals surface area contributed by atoms with E-state index in [1.807, 2.05) is 12.1 Å². The Morgan fingerprint density at radius 2 is 1.57 bits per heavy atom. The first-order valence-electron chi connectivity index (χ1n) is 15.0. The number of pyridine rings is 1. The molecule has 0 unspecified atom stereocenters. The van der Waals surface area contributed by atoms with Crippen molar-refractivity contribution in [1.82, 2.24) is 15.0 Å². The van der Waals surface area contributed by atoms with Crippen LogP contribution in [0, 0.1) is 11.2 Å². The molecule has 1 aliphatic carbocycles. The molecule has 0 spiro atoms. The first-order chi connectivity index (χ1) is 20.9. The third-order valence-electron chi connectivity index (χ3n) is 8.77. The molecule has 44 heavy (non-hydrogen) atoms. The number of nitrogens with zero attached hydrogens (tertiary/aromatic N) is 4. The second-order valence-electron chi connectivity index (χ2n) is 13.1. The van der Waals surface area contributed by atoms with Crippen molar-refractivity contribution in [2.24, 2.45) is 5.41 Å². The molecular weight excluding hydrogens is 605 g/mol. The van der Waals surface area contributed by atoms with E-state index >= 15 is 4.39 Å². The largest absolute Gasteiger partial charge is 0.463 e. The molecule has 1 saturated carbocycles. The molecule has 3 heterocycles. The minimum absolute atomic E-state index is 0.0840. The molecule has 1 aliphatic heterocycles. The van der Waals surface area contributed by atoms with Crippen LogP contribution in [0.25, 0.3) is 10.9 Å². The summed E-state index contributed by atoms with van der Waals surface area (Å²) in [5.74, 6) is -3.55. The van der Waals surface area contributed by atoms with Crippen LogP contribution in [0.15, 0.2) is 66.9 Å². The standard InChI is InChI=1S/C33H36ClF3N4O2Si/c1-31(2,3)44(23-11-6-4-7-12-23,24-13-8-5-9-14-24)43-22-32(16-17-32)21-42-30-39-27-25(19-38-28(34)26(27)35)29(40-30)41-18-10-15-33(36,37)20-41/h4-9,11-14,19H,10,15-18,20-22H2,1-3H3. The quantitative estimate of drug-likeness (QED) is 0.148. The molecule has 2 aromatic heterocycles. The summed E-state index contributed by atoms with van der Waals surface area (Å²) >= 11 is 5.97. The minimum atomic E-state index is -2.88. The first-order valence-corrected chi connectivity index (χ1v) is 17.2. The average Bonchev–Trinajstić information content (AvgIpc) is 3.78. The summed E-state index contributed by atoms with van der Waals surface area (Å²) in [5.41, 5.74) is -0.384. The highest BCUT2D eigenvalue weighted by Gasteiger charge is 2.53. The van der Waals surface area contributed by atoms with Crippen molar-refractivity contribution in [1.29, 1.82) is 0 Å². The maximum absolute atomic E-state index is 15.1. The van der Waals surface area contributed by atoms with Gasteiger partial charge in [-0.3, -0.25) is 0 Å². The molecule has 4 aromatic rings. The lowest BCUT2D eigenvalue weighted by Gasteiger charge is -2.43. The van der Waals surface area contributed by atoms with Crippen LogP contribution in [0.2, 0.25) is 10.2 Å². The molecule has 2 aliphatic rings. The number of halogens is 4. The Balaban J connectivity index is 1.29. The van der Waals surface area contributed by atoms with Gasteiger partial charge in [0.15, 0.2) is 11.0 Å².